The fourth-order valence-electron chi connectivity index (χ4n) is 3.50. The summed E-state index contributed by atoms with van der Waals surface area (Å²) in [5, 5.41) is 11.8. The number of fused-ring (bicyclic) bond motifs is 1. The largest absolute Gasteiger partial charge is 0.371 e. The van der Waals surface area contributed by atoms with E-state index in [9.17, 15) is 9.65 Å². The minimum atomic E-state index is -0.289. The normalized spacial score (nSPS) is 14.6. The Kier molecular flexibility index (Phi) is 4.41. The average Bonchev–Trinajstić information content (AvgIpc) is 3.21. The Morgan fingerprint density at radius 2 is 1.73 bits per heavy atom. The fraction of sp³-hybridized carbons (Fsp3) is 0.174. The van der Waals surface area contributed by atoms with Crippen molar-refractivity contribution >= 4 is 28.1 Å². The van der Waals surface area contributed by atoms with E-state index in [0.717, 1.165) is 48.0 Å². The van der Waals surface area contributed by atoms with Crippen LogP contribution in [0, 0.1) is 17.1 Å². The predicted molar refractivity (Wildman–Crippen MR) is 105 cm³/mol. The summed E-state index contributed by atoms with van der Waals surface area (Å²) >= 11 is 0. The van der Waals surface area contributed by atoms with E-state index in [1.807, 2.05) is 48.5 Å². The van der Waals surface area contributed by atoms with Gasteiger partial charge in [-0.15, -0.1) is 0 Å². The Labute approximate surface area is 152 Å². The number of nitrogens with zero attached hydrogens (tertiary/aromatic N) is 2. The maximum Gasteiger partial charge on any atom is 0.132 e. The fourth-order valence-corrected chi connectivity index (χ4v) is 3.50. The number of benzene rings is 3. The summed E-state index contributed by atoms with van der Waals surface area (Å²) in [5.41, 5.74) is 2.62. The number of allylic oxidation sites excluding steroid dienone is 1. The molecule has 0 saturated carbocycles. The lowest BCUT2D eigenvalue weighted by molar-refractivity contribution is 0.624. The van der Waals surface area contributed by atoms with Crippen LogP contribution in [0.3, 0.4) is 0 Å². The van der Waals surface area contributed by atoms with Crippen LogP contribution in [0.15, 0.2) is 60.7 Å². The van der Waals surface area contributed by atoms with E-state index in [-0.39, 0.29) is 5.82 Å². The van der Waals surface area contributed by atoms with Crippen molar-refractivity contribution in [2.24, 2.45) is 0 Å². The third kappa shape index (κ3) is 3.19. The highest BCUT2D eigenvalue weighted by Crippen LogP contribution is 2.26. The lowest BCUT2D eigenvalue weighted by Gasteiger charge is -2.17. The highest BCUT2D eigenvalue weighted by Gasteiger charge is 2.14. The van der Waals surface area contributed by atoms with Crippen LogP contribution in [-0.4, -0.2) is 13.1 Å². The third-order valence-corrected chi connectivity index (χ3v) is 4.94. The first-order valence-electron chi connectivity index (χ1n) is 8.90. The van der Waals surface area contributed by atoms with Gasteiger partial charge in [0, 0.05) is 24.3 Å². The number of hydrogen-bond acceptors (Lipinski definition) is 2. The van der Waals surface area contributed by atoms with Gasteiger partial charge in [-0.25, -0.2) is 4.39 Å². The van der Waals surface area contributed by atoms with Gasteiger partial charge in [0.1, 0.15) is 5.82 Å². The zero-order valence-corrected chi connectivity index (χ0v) is 14.5. The van der Waals surface area contributed by atoms with Gasteiger partial charge in [-0.2, -0.15) is 5.26 Å². The minimum Gasteiger partial charge on any atom is -0.371 e. The summed E-state index contributed by atoms with van der Waals surface area (Å²) in [6.45, 7) is 1.96. The number of hydrogen-bond donors (Lipinski definition) is 0. The van der Waals surface area contributed by atoms with E-state index in [2.05, 4.69) is 11.0 Å². The monoisotopic (exact) mass is 342 g/mol. The Morgan fingerprint density at radius 3 is 2.46 bits per heavy atom. The van der Waals surface area contributed by atoms with Crippen LogP contribution in [-0.2, 0) is 0 Å². The highest BCUT2D eigenvalue weighted by molar-refractivity contribution is 5.94. The molecule has 0 aliphatic carbocycles. The van der Waals surface area contributed by atoms with Gasteiger partial charge < -0.3 is 4.90 Å². The summed E-state index contributed by atoms with van der Waals surface area (Å²) in [5.74, 6) is -0.289. The van der Waals surface area contributed by atoms with Crippen molar-refractivity contribution in [3.05, 3.63) is 77.6 Å². The molecule has 1 heterocycles. The Morgan fingerprint density at radius 1 is 0.962 bits per heavy atom. The second-order valence-electron chi connectivity index (χ2n) is 6.63. The molecule has 3 aromatic rings. The first-order chi connectivity index (χ1) is 12.7. The molecule has 1 aliphatic heterocycles. The van der Waals surface area contributed by atoms with Crippen molar-refractivity contribution in [3.8, 4) is 6.07 Å². The third-order valence-electron chi connectivity index (χ3n) is 4.94. The quantitative estimate of drug-likeness (QED) is 0.455. The van der Waals surface area contributed by atoms with Crippen LogP contribution in [0.1, 0.15) is 24.0 Å². The van der Waals surface area contributed by atoms with Crippen molar-refractivity contribution in [1.82, 2.24) is 0 Å². The van der Waals surface area contributed by atoms with Crippen LogP contribution < -0.4 is 4.90 Å². The summed E-state index contributed by atoms with van der Waals surface area (Å²) < 4.78 is 14.6. The highest BCUT2D eigenvalue weighted by atomic mass is 19.1. The Balaban J connectivity index is 1.69. The lowest BCUT2D eigenvalue weighted by atomic mass is 10.00. The summed E-state index contributed by atoms with van der Waals surface area (Å²) in [6.07, 6.45) is 3.95. The van der Waals surface area contributed by atoms with Crippen molar-refractivity contribution in [2.75, 3.05) is 18.0 Å². The second kappa shape index (κ2) is 7.01. The van der Waals surface area contributed by atoms with Crippen LogP contribution in [0.2, 0.25) is 0 Å². The molecule has 2 nitrogen and oxygen atoms in total. The van der Waals surface area contributed by atoms with Gasteiger partial charge in [0.05, 0.1) is 11.6 Å². The molecule has 0 unspecified atom stereocenters. The molecule has 0 aromatic heterocycles. The predicted octanol–water partition coefficient (Wildman–Crippen LogP) is 5.64. The van der Waals surface area contributed by atoms with Crippen LogP contribution in [0.5, 0.6) is 0 Å². The lowest BCUT2D eigenvalue weighted by Crippen LogP contribution is -2.17. The van der Waals surface area contributed by atoms with Gasteiger partial charge in [-0.1, -0.05) is 36.4 Å². The van der Waals surface area contributed by atoms with Crippen LogP contribution in [0.4, 0.5) is 10.1 Å². The summed E-state index contributed by atoms with van der Waals surface area (Å²) in [6, 6.07) is 21.4. The van der Waals surface area contributed by atoms with E-state index < -0.39 is 0 Å². The molecule has 0 radical (unpaired) electrons. The zero-order valence-electron chi connectivity index (χ0n) is 14.5. The van der Waals surface area contributed by atoms with Gasteiger partial charge in [0.15, 0.2) is 0 Å². The Bertz CT molecular complexity index is 1020. The zero-order chi connectivity index (χ0) is 17.9. The standard InChI is InChI=1S/C23H19FN2/c24-23-15-22(26-11-3-4-12-26)10-9-20(23)14-21(16-25)19-8-7-17-5-1-2-6-18(17)13-19/h1-2,5-10,13-15H,3-4,11-12H2. The molecular weight excluding hydrogens is 323 g/mol. The number of rotatable bonds is 3. The van der Waals surface area contributed by atoms with E-state index in [0.29, 0.717) is 11.1 Å². The van der Waals surface area contributed by atoms with E-state index in [1.54, 1.807) is 18.2 Å². The summed E-state index contributed by atoms with van der Waals surface area (Å²) in [4.78, 5) is 2.20. The number of nitriles is 1. The molecule has 1 aliphatic rings. The SMILES string of the molecule is N#CC(=Cc1ccc(N2CCCC2)cc1F)c1ccc2ccccc2c1. The molecule has 0 bridgehead atoms. The van der Waals surface area contributed by atoms with Crippen molar-refractivity contribution in [3.63, 3.8) is 0 Å². The van der Waals surface area contributed by atoms with Gasteiger partial charge in [-0.05, 0) is 59.5 Å². The molecule has 128 valence electrons. The summed E-state index contributed by atoms with van der Waals surface area (Å²) in [7, 11) is 0. The Hall–Kier alpha value is -3.12. The van der Waals surface area contributed by atoms with Gasteiger partial charge in [0.25, 0.3) is 0 Å². The van der Waals surface area contributed by atoms with Crippen LogP contribution in [0.25, 0.3) is 22.4 Å². The van der Waals surface area contributed by atoms with E-state index in [1.165, 1.54) is 0 Å². The first-order valence-corrected chi connectivity index (χ1v) is 8.90. The molecular formula is C23H19FN2. The average molecular weight is 342 g/mol. The van der Waals surface area contributed by atoms with Gasteiger partial charge in [-0.3, -0.25) is 0 Å². The molecule has 0 spiro atoms. The number of halogens is 1. The molecule has 4 rings (SSSR count). The molecule has 0 amide bonds. The van der Waals surface area contributed by atoms with Gasteiger partial charge in [0.2, 0.25) is 0 Å². The molecule has 1 saturated heterocycles. The minimum absolute atomic E-state index is 0.289. The molecule has 0 atom stereocenters. The van der Waals surface area contributed by atoms with Crippen molar-refractivity contribution < 1.29 is 4.39 Å². The first kappa shape index (κ1) is 16.4. The maximum atomic E-state index is 14.6. The number of anilines is 1. The van der Waals surface area contributed by atoms with Gasteiger partial charge >= 0.3 is 0 Å². The van der Waals surface area contributed by atoms with Crippen molar-refractivity contribution in [2.45, 2.75) is 12.8 Å². The molecule has 26 heavy (non-hydrogen) atoms. The molecule has 3 aromatic carbocycles. The van der Waals surface area contributed by atoms with E-state index in [4.69, 9.17) is 0 Å². The van der Waals surface area contributed by atoms with Crippen molar-refractivity contribution in [1.29, 1.82) is 5.26 Å². The maximum absolute atomic E-state index is 14.6. The molecule has 0 N–H and O–H groups in total. The van der Waals surface area contributed by atoms with Crippen LogP contribution >= 0.6 is 0 Å². The smallest absolute Gasteiger partial charge is 0.132 e. The second-order valence-corrected chi connectivity index (χ2v) is 6.63. The topological polar surface area (TPSA) is 27.0 Å². The molecule has 3 heteroatoms. The molecule has 1 fully saturated rings. The van der Waals surface area contributed by atoms with E-state index >= 15 is 0 Å².